The molecule has 6 heteroatoms. The first-order valence-corrected chi connectivity index (χ1v) is 6.54. The maximum Gasteiger partial charge on any atom is 0.251 e. The fourth-order valence-electron chi connectivity index (χ4n) is 1.71. The molecule has 1 aromatic heterocycles. The Balaban J connectivity index is 2.50. The number of nitrogens with two attached hydrogens (primary N) is 1. The van der Waals surface area contributed by atoms with Gasteiger partial charge in [0.2, 0.25) is 5.91 Å². The average Bonchev–Trinajstić information content (AvgIpc) is 2.82. The number of hydrogen-bond acceptors (Lipinski definition) is 4. The number of rotatable bonds is 3. The fourth-order valence-corrected chi connectivity index (χ4v) is 2.82. The zero-order valence-corrected chi connectivity index (χ0v) is 11.5. The Labute approximate surface area is 119 Å². The third-order valence-corrected chi connectivity index (χ3v) is 3.66. The minimum absolute atomic E-state index is 0.266. The van der Waals surface area contributed by atoms with E-state index in [0.717, 1.165) is 10.4 Å². The second-order valence-electron chi connectivity index (χ2n) is 4.09. The molecule has 0 saturated heterocycles. The molecular weight excluding hydrogens is 274 g/mol. The van der Waals surface area contributed by atoms with E-state index in [1.54, 1.807) is 24.3 Å². The summed E-state index contributed by atoms with van der Waals surface area (Å²) in [5, 5.41) is 11.9. The molecule has 3 N–H and O–H groups in total. The molecule has 0 atom stereocenters. The summed E-state index contributed by atoms with van der Waals surface area (Å²) in [5.74, 6) is -0.876. The average molecular weight is 285 g/mol. The van der Waals surface area contributed by atoms with E-state index in [2.05, 4.69) is 11.4 Å². The number of nitrogens with zero attached hydrogens (tertiary/aromatic N) is 1. The number of benzene rings is 1. The summed E-state index contributed by atoms with van der Waals surface area (Å²) in [6, 6.07) is 10.7. The van der Waals surface area contributed by atoms with Crippen molar-refractivity contribution in [3.8, 4) is 16.5 Å². The molecule has 2 aromatic rings. The van der Waals surface area contributed by atoms with E-state index >= 15 is 0 Å². The zero-order valence-electron chi connectivity index (χ0n) is 10.6. The molecule has 2 amide bonds. The predicted octanol–water partition coefficient (Wildman–Crippen LogP) is 2.34. The van der Waals surface area contributed by atoms with Gasteiger partial charge in [-0.3, -0.25) is 9.59 Å². The Kier molecular flexibility index (Phi) is 3.82. The van der Waals surface area contributed by atoms with E-state index < -0.39 is 5.91 Å². The van der Waals surface area contributed by atoms with Crippen LogP contribution in [0.15, 0.2) is 30.3 Å². The van der Waals surface area contributed by atoms with Crippen LogP contribution < -0.4 is 11.1 Å². The van der Waals surface area contributed by atoms with Gasteiger partial charge in [-0.1, -0.05) is 12.1 Å². The standard InChI is InChI=1S/C14H11N3O2S/c1-8(18)17-14-11(13(16)19)6-12(20-14)10-4-2-3-9(5-10)7-15/h2-6H,1H3,(H2,16,19)(H,17,18). The van der Waals surface area contributed by atoms with Crippen molar-refractivity contribution in [1.29, 1.82) is 5.26 Å². The van der Waals surface area contributed by atoms with Gasteiger partial charge in [0, 0.05) is 11.8 Å². The van der Waals surface area contributed by atoms with Crippen molar-refractivity contribution in [3.63, 3.8) is 0 Å². The van der Waals surface area contributed by atoms with Gasteiger partial charge in [0.25, 0.3) is 5.91 Å². The van der Waals surface area contributed by atoms with Gasteiger partial charge >= 0.3 is 0 Å². The highest BCUT2D eigenvalue weighted by atomic mass is 32.1. The molecule has 0 unspecified atom stereocenters. The molecule has 0 radical (unpaired) electrons. The predicted molar refractivity (Wildman–Crippen MR) is 77.3 cm³/mol. The lowest BCUT2D eigenvalue weighted by molar-refractivity contribution is -0.114. The van der Waals surface area contributed by atoms with Crippen LogP contribution in [0.3, 0.4) is 0 Å². The molecular formula is C14H11N3O2S. The largest absolute Gasteiger partial charge is 0.366 e. The first-order chi connectivity index (χ1) is 9.51. The molecule has 0 spiro atoms. The summed E-state index contributed by atoms with van der Waals surface area (Å²) in [6.07, 6.45) is 0. The number of nitriles is 1. The van der Waals surface area contributed by atoms with Gasteiger partial charge in [-0.25, -0.2) is 0 Å². The van der Waals surface area contributed by atoms with Crippen molar-refractivity contribution in [2.45, 2.75) is 6.92 Å². The molecule has 5 nitrogen and oxygen atoms in total. The van der Waals surface area contributed by atoms with Crippen LogP contribution >= 0.6 is 11.3 Å². The third kappa shape index (κ3) is 2.84. The van der Waals surface area contributed by atoms with E-state index in [1.807, 2.05) is 6.07 Å². The van der Waals surface area contributed by atoms with Gasteiger partial charge < -0.3 is 11.1 Å². The lowest BCUT2D eigenvalue weighted by atomic mass is 10.1. The van der Waals surface area contributed by atoms with Crippen LogP contribution in [0.2, 0.25) is 0 Å². The second kappa shape index (κ2) is 5.55. The number of carbonyl (C=O) groups is 2. The van der Waals surface area contributed by atoms with Gasteiger partial charge in [0.1, 0.15) is 5.00 Å². The maximum absolute atomic E-state index is 11.4. The zero-order chi connectivity index (χ0) is 14.7. The quantitative estimate of drug-likeness (QED) is 0.905. The van der Waals surface area contributed by atoms with E-state index in [1.165, 1.54) is 18.3 Å². The summed E-state index contributed by atoms with van der Waals surface area (Å²) in [4.78, 5) is 23.3. The first kappa shape index (κ1) is 13.8. The van der Waals surface area contributed by atoms with E-state index in [0.29, 0.717) is 10.6 Å². The number of primary amides is 1. The van der Waals surface area contributed by atoms with Gasteiger partial charge in [-0.2, -0.15) is 5.26 Å². The van der Waals surface area contributed by atoms with E-state index in [-0.39, 0.29) is 11.5 Å². The summed E-state index contributed by atoms with van der Waals surface area (Å²) in [7, 11) is 0. The Hall–Kier alpha value is -2.65. The number of hydrogen-bond donors (Lipinski definition) is 2. The number of amides is 2. The van der Waals surface area contributed by atoms with Crippen molar-refractivity contribution < 1.29 is 9.59 Å². The lowest BCUT2D eigenvalue weighted by Crippen LogP contribution is -2.14. The molecule has 0 bridgehead atoms. The molecule has 2 rings (SSSR count). The van der Waals surface area contributed by atoms with Crippen molar-refractivity contribution in [2.24, 2.45) is 5.73 Å². The van der Waals surface area contributed by atoms with Crippen molar-refractivity contribution in [1.82, 2.24) is 0 Å². The van der Waals surface area contributed by atoms with Gasteiger partial charge in [0.05, 0.1) is 17.2 Å². The Bertz CT molecular complexity index is 728. The molecule has 20 heavy (non-hydrogen) atoms. The fraction of sp³-hybridized carbons (Fsp3) is 0.0714. The van der Waals surface area contributed by atoms with Crippen molar-refractivity contribution in [3.05, 3.63) is 41.5 Å². The van der Waals surface area contributed by atoms with Crippen LogP contribution in [-0.2, 0) is 4.79 Å². The molecule has 1 heterocycles. The monoisotopic (exact) mass is 285 g/mol. The minimum Gasteiger partial charge on any atom is -0.366 e. The van der Waals surface area contributed by atoms with Crippen LogP contribution in [0.5, 0.6) is 0 Å². The topological polar surface area (TPSA) is 96.0 Å². The number of nitrogens with one attached hydrogen (secondary N) is 1. The molecule has 0 fully saturated rings. The van der Waals surface area contributed by atoms with Crippen LogP contribution in [-0.4, -0.2) is 11.8 Å². The smallest absolute Gasteiger partial charge is 0.251 e. The highest BCUT2D eigenvalue weighted by Crippen LogP contribution is 2.35. The summed E-state index contributed by atoms with van der Waals surface area (Å²) in [6.45, 7) is 1.36. The van der Waals surface area contributed by atoms with Crippen LogP contribution in [0.25, 0.3) is 10.4 Å². The number of anilines is 1. The lowest BCUT2D eigenvalue weighted by Gasteiger charge is -1.99. The molecule has 0 aliphatic carbocycles. The Morgan fingerprint density at radius 3 is 2.70 bits per heavy atom. The van der Waals surface area contributed by atoms with Crippen molar-refractivity contribution >= 4 is 28.2 Å². The molecule has 0 aliphatic rings. The summed E-state index contributed by atoms with van der Waals surface area (Å²) < 4.78 is 0. The molecule has 0 saturated carbocycles. The first-order valence-electron chi connectivity index (χ1n) is 5.73. The second-order valence-corrected chi connectivity index (χ2v) is 5.14. The van der Waals surface area contributed by atoms with E-state index in [4.69, 9.17) is 11.0 Å². The Morgan fingerprint density at radius 1 is 1.35 bits per heavy atom. The molecule has 100 valence electrons. The number of thiophene rings is 1. The normalized spacial score (nSPS) is 9.80. The molecule has 1 aromatic carbocycles. The highest BCUT2D eigenvalue weighted by molar-refractivity contribution is 7.20. The highest BCUT2D eigenvalue weighted by Gasteiger charge is 2.15. The van der Waals surface area contributed by atoms with Gasteiger partial charge in [-0.15, -0.1) is 11.3 Å². The van der Waals surface area contributed by atoms with Crippen LogP contribution in [0.1, 0.15) is 22.8 Å². The Morgan fingerprint density at radius 2 is 2.10 bits per heavy atom. The van der Waals surface area contributed by atoms with Crippen LogP contribution in [0.4, 0.5) is 5.00 Å². The van der Waals surface area contributed by atoms with Crippen LogP contribution in [0, 0.1) is 11.3 Å². The molecule has 0 aliphatic heterocycles. The van der Waals surface area contributed by atoms with Gasteiger partial charge in [-0.05, 0) is 23.8 Å². The maximum atomic E-state index is 11.4. The number of carbonyl (C=O) groups excluding carboxylic acids is 2. The summed E-state index contributed by atoms with van der Waals surface area (Å²) >= 11 is 1.25. The van der Waals surface area contributed by atoms with Gasteiger partial charge in [0.15, 0.2) is 0 Å². The summed E-state index contributed by atoms with van der Waals surface area (Å²) in [5.41, 5.74) is 6.89. The third-order valence-electron chi connectivity index (χ3n) is 2.56. The minimum atomic E-state index is -0.604. The SMILES string of the molecule is CC(=O)Nc1sc(-c2cccc(C#N)c2)cc1C(N)=O. The van der Waals surface area contributed by atoms with Crippen molar-refractivity contribution in [2.75, 3.05) is 5.32 Å². The van der Waals surface area contributed by atoms with E-state index in [9.17, 15) is 9.59 Å².